The summed E-state index contributed by atoms with van der Waals surface area (Å²) in [5.41, 5.74) is 4.56. The fraction of sp³-hybridized carbons (Fsp3) is 0.360. The van der Waals surface area contributed by atoms with Crippen LogP contribution in [0.1, 0.15) is 48.8 Å². The minimum Gasteiger partial charge on any atom is -0.343 e. The summed E-state index contributed by atoms with van der Waals surface area (Å²) in [4.78, 5) is 6.15. The zero-order valence-corrected chi connectivity index (χ0v) is 18.2. The smallest absolute Gasteiger partial charge is 0.134 e. The Labute approximate surface area is 177 Å². The fourth-order valence-electron chi connectivity index (χ4n) is 4.31. The van der Waals surface area contributed by atoms with Gasteiger partial charge in [-0.15, -0.1) is 17.9 Å². The highest BCUT2D eigenvalue weighted by Gasteiger charge is 2.32. The Bertz CT molecular complexity index is 1130. The van der Waals surface area contributed by atoms with Gasteiger partial charge < -0.3 is 4.57 Å². The van der Waals surface area contributed by atoms with E-state index in [9.17, 15) is 5.26 Å². The number of benzene rings is 1. The Morgan fingerprint density at radius 3 is 2.86 bits per heavy atom. The normalized spacial score (nSPS) is 16.8. The largest absolute Gasteiger partial charge is 0.343 e. The quantitative estimate of drug-likeness (QED) is 0.356. The van der Waals surface area contributed by atoms with Crippen LogP contribution in [0.3, 0.4) is 0 Å². The number of nitriles is 1. The molecule has 1 aliphatic rings. The van der Waals surface area contributed by atoms with Gasteiger partial charge in [-0.2, -0.15) is 5.26 Å². The molecule has 1 atom stereocenters. The highest BCUT2D eigenvalue weighted by atomic mass is 32.1. The molecule has 0 N–H and O–H groups in total. The Morgan fingerprint density at radius 2 is 2.14 bits per heavy atom. The molecule has 0 spiro atoms. The molecule has 0 aliphatic heterocycles. The van der Waals surface area contributed by atoms with E-state index in [-0.39, 0.29) is 0 Å². The molecular weight excluding hydrogens is 374 g/mol. The molecule has 3 aromatic rings. The number of aliphatic imine (C=N–C) groups is 1. The monoisotopic (exact) mass is 401 g/mol. The van der Waals surface area contributed by atoms with Crippen LogP contribution in [0.4, 0.5) is 5.00 Å². The van der Waals surface area contributed by atoms with E-state index in [0.717, 1.165) is 41.9 Å². The van der Waals surface area contributed by atoms with Gasteiger partial charge in [0, 0.05) is 40.3 Å². The van der Waals surface area contributed by atoms with Crippen molar-refractivity contribution in [2.75, 3.05) is 0 Å². The number of allylic oxidation sites excluding steroid dienone is 1. The lowest BCUT2D eigenvalue weighted by atomic mass is 9.72. The lowest BCUT2D eigenvalue weighted by molar-refractivity contribution is 0.218. The van der Waals surface area contributed by atoms with E-state index in [0.29, 0.717) is 11.3 Å². The first-order chi connectivity index (χ1) is 13.9. The van der Waals surface area contributed by atoms with E-state index in [1.165, 1.54) is 21.3 Å². The van der Waals surface area contributed by atoms with Crippen molar-refractivity contribution in [3.8, 4) is 6.07 Å². The fourth-order valence-corrected chi connectivity index (χ4v) is 5.53. The van der Waals surface area contributed by atoms with Crippen molar-refractivity contribution >= 4 is 33.5 Å². The van der Waals surface area contributed by atoms with Crippen molar-refractivity contribution < 1.29 is 0 Å². The predicted molar refractivity (Wildman–Crippen MR) is 123 cm³/mol. The minimum atomic E-state index is 0.297. The molecule has 4 rings (SSSR count). The Kier molecular flexibility index (Phi) is 5.19. The third-order valence-electron chi connectivity index (χ3n) is 6.05. The van der Waals surface area contributed by atoms with Crippen molar-refractivity contribution in [3.63, 3.8) is 0 Å². The van der Waals surface area contributed by atoms with Crippen molar-refractivity contribution in [3.05, 3.63) is 64.7 Å². The number of hydrogen-bond acceptors (Lipinski definition) is 3. The van der Waals surface area contributed by atoms with Gasteiger partial charge in [-0.05, 0) is 42.2 Å². The van der Waals surface area contributed by atoms with Crippen molar-refractivity contribution in [2.24, 2.45) is 16.3 Å². The maximum Gasteiger partial charge on any atom is 0.134 e. The maximum absolute atomic E-state index is 9.80. The maximum atomic E-state index is 9.80. The van der Waals surface area contributed by atoms with Gasteiger partial charge in [0.25, 0.3) is 0 Å². The molecule has 4 heteroatoms. The van der Waals surface area contributed by atoms with Crippen LogP contribution in [0.2, 0.25) is 0 Å². The number of nitrogens with zero attached hydrogens (tertiary/aromatic N) is 3. The predicted octanol–water partition coefficient (Wildman–Crippen LogP) is 6.66. The summed E-state index contributed by atoms with van der Waals surface area (Å²) in [5, 5.41) is 11.8. The van der Waals surface area contributed by atoms with Crippen LogP contribution >= 0.6 is 11.3 Å². The third kappa shape index (κ3) is 3.68. The van der Waals surface area contributed by atoms with Crippen LogP contribution in [-0.4, -0.2) is 10.8 Å². The van der Waals surface area contributed by atoms with Crippen LogP contribution in [0.15, 0.2) is 48.1 Å². The third-order valence-corrected chi connectivity index (χ3v) is 7.21. The molecule has 3 nitrogen and oxygen atoms in total. The second-order valence-corrected chi connectivity index (χ2v) is 9.99. The van der Waals surface area contributed by atoms with Crippen molar-refractivity contribution in [2.45, 2.75) is 46.6 Å². The zero-order chi connectivity index (χ0) is 20.6. The second kappa shape index (κ2) is 7.65. The molecular formula is C25H27N3S. The van der Waals surface area contributed by atoms with Crippen LogP contribution in [-0.2, 0) is 19.4 Å². The molecule has 1 aromatic carbocycles. The van der Waals surface area contributed by atoms with Crippen molar-refractivity contribution in [1.82, 2.24) is 4.57 Å². The van der Waals surface area contributed by atoms with Crippen molar-refractivity contribution in [1.29, 1.82) is 5.26 Å². The number of fused-ring (bicyclic) bond motifs is 2. The number of hydrogen-bond donors (Lipinski definition) is 0. The van der Waals surface area contributed by atoms with Gasteiger partial charge in [-0.1, -0.05) is 45.0 Å². The molecule has 0 unspecified atom stereocenters. The molecule has 148 valence electrons. The molecule has 29 heavy (non-hydrogen) atoms. The van der Waals surface area contributed by atoms with Gasteiger partial charge in [-0.25, -0.2) is 4.99 Å². The molecule has 0 bridgehead atoms. The molecule has 1 aliphatic carbocycles. The van der Waals surface area contributed by atoms with E-state index in [2.05, 4.69) is 68.4 Å². The van der Waals surface area contributed by atoms with E-state index >= 15 is 0 Å². The highest BCUT2D eigenvalue weighted by Crippen LogP contribution is 2.44. The summed E-state index contributed by atoms with van der Waals surface area (Å²) >= 11 is 1.70. The van der Waals surface area contributed by atoms with Crippen LogP contribution < -0.4 is 0 Å². The van der Waals surface area contributed by atoms with E-state index in [1.54, 1.807) is 11.3 Å². The summed E-state index contributed by atoms with van der Waals surface area (Å²) < 4.78 is 2.18. The summed E-state index contributed by atoms with van der Waals surface area (Å²) in [6.07, 6.45) is 9.14. The van der Waals surface area contributed by atoms with Gasteiger partial charge in [0.05, 0.1) is 5.56 Å². The summed E-state index contributed by atoms with van der Waals surface area (Å²) in [6.45, 7) is 11.6. The standard InChI is InChI=1S/C25H27N3S/c1-5-12-28-16-17(19-8-6-7-9-22(19)28)15-27-24-21(14-26)20-11-10-18(25(2,3)4)13-23(20)29-24/h5-9,15-16,18H,1,10-13H2,2-4H3/t18-/m0/s1. The molecule has 2 aromatic heterocycles. The summed E-state index contributed by atoms with van der Waals surface area (Å²) in [5.74, 6) is 0.661. The van der Waals surface area contributed by atoms with Gasteiger partial charge in [0.1, 0.15) is 11.1 Å². The molecule has 0 radical (unpaired) electrons. The Balaban J connectivity index is 1.70. The Morgan fingerprint density at radius 1 is 1.34 bits per heavy atom. The lowest BCUT2D eigenvalue weighted by Gasteiger charge is -2.33. The van der Waals surface area contributed by atoms with E-state index < -0.39 is 0 Å². The lowest BCUT2D eigenvalue weighted by Crippen LogP contribution is -2.26. The first kappa shape index (κ1) is 19.7. The van der Waals surface area contributed by atoms with Crippen LogP contribution in [0.5, 0.6) is 0 Å². The minimum absolute atomic E-state index is 0.297. The van der Waals surface area contributed by atoms with Crippen LogP contribution in [0, 0.1) is 22.7 Å². The van der Waals surface area contributed by atoms with E-state index in [1.807, 2.05) is 12.3 Å². The number of aromatic nitrogens is 1. The van der Waals surface area contributed by atoms with Gasteiger partial charge in [-0.3, -0.25) is 0 Å². The van der Waals surface area contributed by atoms with Gasteiger partial charge >= 0.3 is 0 Å². The SMILES string of the molecule is C=CCn1cc(C=Nc2sc3c(c2C#N)CC[C@H](C(C)(C)C)C3)c2ccccc21. The van der Waals surface area contributed by atoms with Gasteiger partial charge in [0.15, 0.2) is 0 Å². The number of rotatable bonds is 4. The highest BCUT2D eigenvalue weighted by molar-refractivity contribution is 7.16. The average molecular weight is 402 g/mol. The number of para-hydroxylation sites is 1. The first-order valence-corrected chi connectivity index (χ1v) is 11.0. The molecule has 0 amide bonds. The van der Waals surface area contributed by atoms with Gasteiger partial charge in [0.2, 0.25) is 0 Å². The zero-order valence-electron chi connectivity index (χ0n) is 17.4. The average Bonchev–Trinajstić information content (AvgIpc) is 3.23. The topological polar surface area (TPSA) is 41.1 Å². The molecule has 0 fully saturated rings. The number of thiophene rings is 1. The Hall–Kier alpha value is -2.64. The first-order valence-electron chi connectivity index (χ1n) is 10.2. The summed E-state index contributed by atoms with van der Waals surface area (Å²) in [6, 6.07) is 10.8. The molecule has 2 heterocycles. The van der Waals surface area contributed by atoms with E-state index in [4.69, 9.17) is 4.99 Å². The second-order valence-electron chi connectivity index (χ2n) is 8.90. The molecule has 0 saturated heterocycles. The molecule has 0 saturated carbocycles. The van der Waals surface area contributed by atoms with Crippen LogP contribution in [0.25, 0.3) is 10.9 Å². The summed E-state index contributed by atoms with van der Waals surface area (Å²) in [7, 11) is 0.